The summed E-state index contributed by atoms with van der Waals surface area (Å²) >= 11 is 5.80. The first kappa shape index (κ1) is 20.7. The zero-order chi connectivity index (χ0) is 20.8. The molecule has 1 aliphatic rings. The number of anilines is 2. The number of benzene rings is 2. The van der Waals surface area contributed by atoms with Gasteiger partial charge in [0, 0.05) is 23.7 Å². The molecule has 152 valence electrons. The molecule has 0 aliphatic carbocycles. The predicted molar refractivity (Wildman–Crippen MR) is 109 cm³/mol. The van der Waals surface area contributed by atoms with Gasteiger partial charge in [0.05, 0.1) is 18.2 Å². The highest BCUT2D eigenvalue weighted by Gasteiger charge is 2.37. The summed E-state index contributed by atoms with van der Waals surface area (Å²) in [5.41, 5.74) is 1.17. The SMILES string of the molecule is CCOc1ccccc1N1CC(C(=O)OCC(=O)Nc2ccc(Cl)cc2)CC1=O. The number of halogens is 1. The Morgan fingerprint density at radius 3 is 2.62 bits per heavy atom. The van der Waals surface area contributed by atoms with Crippen molar-refractivity contribution in [3.05, 3.63) is 53.6 Å². The molecule has 3 rings (SSSR count). The van der Waals surface area contributed by atoms with Crippen LogP contribution in [-0.4, -0.2) is 37.5 Å². The van der Waals surface area contributed by atoms with Crippen molar-refractivity contribution in [1.29, 1.82) is 0 Å². The average molecular weight is 417 g/mol. The fraction of sp³-hybridized carbons (Fsp3) is 0.286. The van der Waals surface area contributed by atoms with E-state index in [1.165, 1.54) is 4.90 Å². The zero-order valence-electron chi connectivity index (χ0n) is 15.9. The van der Waals surface area contributed by atoms with Crippen molar-refractivity contribution in [2.75, 3.05) is 30.0 Å². The zero-order valence-corrected chi connectivity index (χ0v) is 16.6. The van der Waals surface area contributed by atoms with E-state index in [2.05, 4.69) is 5.32 Å². The molecule has 2 aromatic carbocycles. The molecule has 0 bridgehead atoms. The van der Waals surface area contributed by atoms with Crippen molar-refractivity contribution in [2.45, 2.75) is 13.3 Å². The van der Waals surface area contributed by atoms with Crippen molar-refractivity contribution >= 4 is 40.8 Å². The first-order valence-electron chi connectivity index (χ1n) is 9.22. The highest BCUT2D eigenvalue weighted by atomic mass is 35.5. The van der Waals surface area contributed by atoms with Crippen molar-refractivity contribution in [3.63, 3.8) is 0 Å². The molecule has 8 heteroatoms. The smallest absolute Gasteiger partial charge is 0.311 e. The molecule has 1 fully saturated rings. The Morgan fingerprint density at radius 2 is 1.90 bits per heavy atom. The summed E-state index contributed by atoms with van der Waals surface area (Å²) in [7, 11) is 0. The second-order valence-corrected chi connectivity index (χ2v) is 6.91. The monoisotopic (exact) mass is 416 g/mol. The lowest BCUT2D eigenvalue weighted by atomic mass is 10.1. The summed E-state index contributed by atoms with van der Waals surface area (Å²) in [6.07, 6.45) is 0.0259. The lowest BCUT2D eigenvalue weighted by Crippen LogP contribution is -2.28. The minimum absolute atomic E-state index is 0.0259. The Hall–Kier alpha value is -3.06. The second-order valence-electron chi connectivity index (χ2n) is 6.47. The maximum absolute atomic E-state index is 12.4. The standard InChI is InChI=1S/C21H21ClN2O5/c1-2-28-18-6-4-3-5-17(18)24-12-14(11-20(24)26)21(27)29-13-19(25)23-16-9-7-15(22)8-10-16/h3-10,14H,2,11-13H2,1H3,(H,23,25). The number of nitrogens with one attached hydrogen (secondary N) is 1. The summed E-state index contributed by atoms with van der Waals surface area (Å²) in [6.45, 7) is 2.08. The number of carbonyl (C=O) groups is 3. The number of ether oxygens (including phenoxy) is 2. The van der Waals surface area contributed by atoms with Crippen LogP contribution in [0.1, 0.15) is 13.3 Å². The summed E-state index contributed by atoms with van der Waals surface area (Å²) in [4.78, 5) is 38.3. The maximum Gasteiger partial charge on any atom is 0.311 e. The highest BCUT2D eigenvalue weighted by Crippen LogP contribution is 2.33. The number of esters is 1. The number of carbonyl (C=O) groups excluding carboxylic acids is 3. The van der Waals surface area contributed by atoms with Crippen LogP contribution >= 0.6 is 11.6 Å². The molecule has 1 unspecified atom stereocenters. The van der Waals surface area contributed by atoms with Gasteiger partial charge in [-0.1, -0.05) is 23.7 Å². The lowest BCUT2D eigenvalue weighted by molar-refractivity contribution is -0.151. The van der Waals surface area contributed by atoms with Crippen molar-refractivity contribution < 1.29 is 23.9 Å². The van der Waals surface area contributed by atoms with E-state index in [0.29, 0.717) is 28.8 Å². The molecule has 1 aliphatic heterocycles. The summed E-state index contributed by atoms with van der Waals surface area (Å²) in [5.74, 6) is -1.30. The van der Waals surface area contributed by atoms with Crippen LogP contribution in [0.15, 0.2) is 48.5 Å². The van der Waals surface area contributed by atoms with Crippen LogP contribution in [0.3, 0.4) is 0 Å². The molecule has 1 N–H and O–H groups in total. The lowest BCUT2D eigenvalue weighted by Gasteiger charge is -2.19. The van der Waals surface area contributed by atoms with Crippen LogP contribution in [0.2, 0.25) is 5.02 Å². The molecule has 7 nitrogen and oxygen atoms in total. The van der Waals surface area contributed by atoms with Gasteiger partial charge in [-0.05, 0) is 43.3 Å². The molecule has 0 radical (unpaired) electrons. The minimum Gasteiger partial charge on any atom is -0.492 e. The van der Waals surface area contributed by atoms with E-state index in [1.807, 2.05) is 13.0 Å². The third-order valence-corrected chi connectivity index (χ3v) is 4.64. The second kappa shape index (κ2) is 9.43. The molecule has 1 saturated heterocycles. The van der Waals surface area contributed by atoms with Gasteiger partial charge in [0.1, 0.15) is 5.75 Å². The van der Waals surface area contributed by atoms with Gasteiger partial charge >= 0.3 is 5.97 Å². The Labute approximate surface area is 173 Å². The predicted octanol–water partition coefficient (Wildman–Crippen LogP) is 3.27. The van der Waals surface area contributed by atoms with Gasteiger partial charge < -0.3 is 19.7 Å². The third-order valence-electron chi connectivity index (χ3n) is 4.39. The summed E-state index contributed by atoms with van der Waals surface area (Å²) in [6, 6.07) is 13.7. The van der Waals surface area contributed by atoms with Gasteiger partial charge in [-0.25, -0.2) is 0 Å². The summed E-state index contributed by atoms with van der Waals surface area (Å²) in [5, 5.41) is 3.16. The Bertz CT molecular complexity index is 900. The first-order chi connectivity index (χ1) is 14.0. The Morgan fingerprint density at radius 1 is 1.17 bits per heavy atom. The van der Waals surface area contributed by atoms with Crippen LogP contribution in [0.4, 0.5) is 11.4 Å². The molecule has 1 atom stereocenters. The molecule has 0 spiro atoms. The van der Waals surface area contributed by atoms with Crippen LogP contribution < -0.4 is 15.0 Å². The van der Waals surface area contributed by atoms with Gasteiger partial charge in [0.2, 0.25) is 5.91 Å². The number of para-hydroxylation sites is 2. The number of nitrogens with zero attached hydrogens (tertiary/aromatic N) is 1. The van der Waals surface area contributed by atoms with Crippen LogP contribution in [-0.2, 0) is 19.1 Å². The summed E-state index contributed by atoms with van der Waals surface area (Å²) < 4.78 is 10.7. The number of rotatable bonds is 7. The number of hydrogen-bond acceptors (Lipinski definition) is 5. The van der Waals surface area contributed by atoms with Gasteiger partial charge in [-0.2, -0.15) is 0 Å². The fourth-order valence-corrected chi connectivity index (χ4v) is 3.17. The molecular weight excluding hydrogens is 396 g/mol. The highest BCUT2D eigenvalue weighted by molar-refractivity contribution is 6.30. The van der Waals surface area contributed by atoms with Crippen molar-refractivity contribution in [1.82, 2.24) is 0 Å². The molecule has 29 heavy (non-hydrogen) atoms. The average Bonchev–Trinajstić information content (AvgIpc) is 3.10. The van der Waals surface area contributed by atoms with E-state index in [0.717, 1.165) is 0 Å². The van der Waals surface area contributed by atoms with Crippen LogP contribution in [0, 0.1) is 5.92 Å². The van der Waals surface area contributed by atoms with Gasteiger partial charge in [-0.15, -0.1) is 0 Å². The van der Waals surface area contributed by atoms with E-state index in [9.17, 15) is 14.4 Å². The van der Waals surface area contributed by atoms with Gasteiger partial charge in [0.15, 0.2) is 6.61 Å². The maximum atomic E-state index is 12.4. The molecule has 2 aromatic rings. The van der Waals surface area contributed by atoms with Crippen LogP contribution in [0.25, 0.3) is 0 Å². The van der Waals surface area contributed by atoms with E-state index in [4.69, 9.17) is 21.1 Å². The van der Waals surface area contributed by atoms with E-state index >= 15 is 0 Å². The minimum atomic E-state index is -0.638. The molecule has 0 saturated carbocycles. The largest absolute Gasteiger partial charge is 0.492 e. The Kier molecular flexibility index (Phi) is 6.72. The van der Waals surface area contributed by atoms with Gasteiger partial charge in [0.25, 0.3) is 5.91 Å². The van der Waals surface area contributed by atoms with Crippen molar-refractivity contribution in [3.8, 4) is 5.75 Å². The number of hydrogen-bond donors (Lipinski definition) is 1. The van der Waals surface area contributed by atoms with Crippen LogP contribution in [0.5, 0.6) is 5.75 Å². The van der Waals surface area contributed by atoms with E-state index in [-0.39, 0.29) is 18.9 Å². The normalized spacial score (nSPS) is 15.9. The fourth-order valence-electron chi connectivity index (χ4n) is 3.04. The van der Waals surface area contributed by atoms with Crippen molar-refractivity contribution in [2.24, 2.45) is 5.92 Å². The quantitative estimate of drug-likeness (QED) is 0.700. The molecule has 2 amide bonds. The van der Waals surface area contributed by atoms with E-state index in [1.54, 1.807) is 42.5 Å². The molecular formula is C21H21ClN2O5. The topological polar surface area (TPSA) is 84.9 Å². The first-order valence-corrected chi connectivity index (χ1v) is 9.60. The van der Waals surface area contributed by atoms with Gasteiger partial charge in [-0.3, -0.25) is 14.4 Å². The Balaban J connectivity index is 1.55. The number of amides is 2. The van der Waals surface area contributed by atoms with E-state index < -0.39 is 24.4 Å². The third kappa shape index (κ3) is 5.26. The molecule has 1 heterocycles. The molecule has 0 aromatic heterocycles.